The van der Waals surface area contributed by atoms with Gasteiger partial charge in [0.05, 0.1) is 35.4 Å². The van der Waals surface area contributed by atoms with Crippen LogP contribution in [0.3, 0.4) is 0 Å². The first-order valence-corrected chi connectivity index (χ1v) is 20.5. The molecular formula is C37H41ClN6O5Si. The molecule has 260 valence electrons. The van der Waals surface area contributed by atoms with E-state index in [-0.39, 0.29) is 36.4 Å². The summed E-state index contributed by atoms with van der Waals surface area (Å²) >= 11 is 6.57. The molecule has 7 rings (SSSR count). The summed E-state index contributed by atoms with van der Waals surface area (Å²) in [6, 6.07) is 22.9. The van der Waals surface area contributed by atoms with E-state index in [9.17, 15) is 19.5 Å². The molecule has 13 heteroatoms. The second-order valence-corrected chi connectivity index (χ2v) is 18.3. The van der Waals surface area contributed by atoms with Crippen LogP contribution in [0.2, 0.25) is 23.7 Å². The number of aliphatic hydroxyl groups is 1. The van der Waals surface area contributed by atoms with Gasteiger partial charge in [-0.3, -0.25) is 14.3 Å². The van der Waals surface area contributed by atoms with Crippen molar-refractivity contribution in [3.63, 3.8) is 0 Å². The molecule has 0 aliphatic carbocycles. The Kier molecular flexibility index (Phi) is 9.25. The SMILES string of the molecule is C[C@@H]1[C@@H]([Si](C)(C)O)[C@H](CCn2cc(CCO)nn2)O[C@@]12C(=O)N(Cc1ccc(N3N=C(c4ccccc4)CCC3=O)cc1)c1ccc(Cl)cc12. The monoisotopic (exact) mass is 712 g/mol. The van der Waals surface area contributed by atoms with Crippen LogP contribution in [0.4, 0.5) is 11.4 Å². The van der Waals surface area contributed by atoms with Crippen molar-refractivity contribution in [3.05, 3.63) is 106 Å². The van der Waals surface area contributed by atoms with E-state index in [0.717, 1.165) is 22.5 Å². The number of aliphatic hydroxyl groups excluding tert-OH is 1. The lowest BCUT2D eigenvalue weighted by Crippen LogP contribution is -2.46. The molecule has 0 radical (unpaired) electrons. The molecule has 4 heterocycles. The highest BCUT2D eigenvalue weighted by Crippen LogP contribution is 2.60. The van der Waals surface area contributed by atoms with Crippen LogP contribution in [-0.2, 0) is 39.4 Å². The third kappa shape index (κ3) is 6.19. The van der Waals surface area contributed by atoms with E-state index in [2.05, 4.69) is 10.3 Å². The van der Waals surface area contributed by atoms with Crippen LogP contribution < -0.4 is 9.91 Å². The molecule has 0 unspecified atom stereocenters. The molecule has 0 bridgehead atoms. The lowest BCUT2D eigenvalue weighted by Gasteiger charge is -2.32. The molecule has 1 spiro atoms. The zero-order valence-electron chi connectivity index (χ0n) is 28.4. The fraction of sp³-hybridized carbons (Fsp3) is 0.378. The number of rotatable bonds is 10. The molecule has 4 aromatic rings. The smallest absolute Gasteiger partial charge is 0.264 e. The number of hydrogen-bond acceptors (Lipinski definition) is 8. The standard InChI is InChI=1S/C37H41ClN6O5Si/c1-24-35(50(2,3)48)33(17-19-42-23-28(18-20-45)39-41-42)49-37(24)30-21-27(38)11-15-32(30)43(36(37)47)22-25-9-12-29(13-10-25)44-34(46)16-14-31(40-44)26-7-5-4-6-8-26/h4-13,15,21,23-24,33,35,45,48H,14,16-20,22H2,1-3H3/t24-,33+,35-,37+/m1/s1. The van der Waals surface area contributed by atoms with Crippen molar-refractivity contribution in [3.8, 4) is 0 Å². The maximum atomic E-state index is 14.8. The summed E-state index contributed by atoms with van der Waals surface area (Å²) in [5.41, 5.74) is 3.94. The van der Waals surface area contributed by atoms with Crippen molar-refractivity contribution >= 4 is 48.8 Å². The predicted octanol–water partition coefficient (Wildman–Crippen LogP) is 5.43. The summed E-state index contributed by atoms with van der Waals surface area (Å²) in [5, 5.41) is 24.3. The van der Waals surface area contributed by atoms with Crippen molar-refractivity contribution in [2.75, 3.05) is 16.5 Å². The largest absolute Gasteiger partial charge is 0.432 e. The van der Waals surface area contributed by atoms with Crippen LogP contribution in [0, 0.1) is 5.92 Å². The summed E-state index contributed by atoms with van der Waals surface area (Å²) in [6.07, 6.45) is 3.29. The zero-order chi connectivity index (χ0) is 35.2. The molecule has 2 amide bonds. The number of nitrogens with zero attached hydrogens (tertiary/aromatic N) is 6. The first kappa shape index (κ1) is 34.3. The Morgan fingerprint density at radius 2 is 1.80 bits per heavy atom. The number of carbonyl (C=O) groups excluding carboxylic acids is 2. The molecule has 0 saturated carbocycles. The van der Waals surface area contributed by atoms with E-state index in [1.807, 2.05) is 86.7 Å². The topological polar surface area (TPSA) is 133 Å². The van der Waals surface area contributed by atoms with Gasteiger partial charge in [0.1, 0.15) is 0 Å². The Hall–Kier alpha value is -4.20. The number of halogens is 1. The van der Waals surface area contributed by atoms with Crippen molar-refractivity contribution in [2.24, 2.45) is 11.0 Å². The molecule has 1 saturated heterocycles. The summed E-state index contributed by atoms with van der Waals surface area (Å²) in [4.78, 5) is 41.0. The van der Waals surface area contributed by atoms with Crippen LogP contribution >= 0.6 is 11.6 Å². The summed E-state index contributed by atoms with van der Waals surface area (Å²) in [5.74, 6) is -0.591. The Balaban J connectivity index is 1.16. The van der Waals surface area contributed by atoms with Crippen molar-refractivity contribution < 1.29 is 24.2 Å². The van der Waals surface area contributed by atoms with Crippen LogP contribution in [0.25, 0.3) is 0 Å². The molecule has 1 fully saturated rings. The average Bonchev–Trinajstić information content (AvgIpc) is 3.74. The fourth-order valence-corrected chi connectivity index (χ4v) is 10.7. The zero-order valence-corrected chi connectivity index (χ0v) is 30.1. The maximum absolute atomic E-state index is 14.8. The van der Waals surface area contributed by atoms with Gasteiger partial charge in [0.15, 0.2) is 13.9 Å². The second-order valence-electron chi connectivity index (χ2n) is 13.9. The Morgan fingerprint density at radius 3 is 2.52 bits per heavy atom. The number of fused-ring (bicyclic) bond motifs is 2. The molecule has 1 aromatic heterocycles. The first-order valence-electron chi connectivity index (χ1n) is 17.1. The molecule has 3 aliphatic heterocycles. The van der Waals surface area contributed by atoms with E-state index >= 15 is 0 Å². The van der Waals surface area contributed by atoms with Gasteiger partial charge in [0, 0.05) is 60.7 Å². The van der Waals surface area contributed by atoms with Gasteiger partial charge in [-0.15, -0.1) is 5.10 Å². The van der Waals surface area contributed by atoms with E-state index in [4.69, 9.17) is 21.4 Å². The minimum Gasteiger partial charge on any atom is -0.432 e. The van der Waals surface area contributed by atoms with Gasteiger partial charge >= 0.3 is 0 Å². The molecule has 2 N–H and O–H groups in total. The van der Waals surface area contributed by atoms with E-state index in [0.29, 0.717) is 54.2 Å². The predicted molar refractivity (Wildman–Crippen MR) is 193 cm³/mol. The molecule has 3 aliphatic rings. The number of anilines is 2. The fourth-order valence-electron chi connectivity index (χ4n) is 7.93. The Labute approximate surface area is 297 Å². The first-order chi connectivity index (χ1) is 24.0. The molecule has 50 heavy (non-hydrogen) atoms. The maximum Gasteiger partial charge on any atom is 0.264 e. The van der Waals surface area contributed by atoms with Gasteiger partial charge in [-0.1, -0.05) is 66.2 Å². The van der Waals surface area contributed by atoms with Gasteiger partial charge in [-0.05, 0) is 61.0 Å². The normalized spacial score (nSPS) is 23.6. The lowest BCUT2D eigenvalue weighted by molar-refractivity contribution is -0.146. The minimum atomic E-state index is -2.86. The summed E-state index contributed by atoms with van der Waals surface area (Å²) in [6.45, 7) is 6.55. The number of aromatic nitrogens is 3. The Morgan fingerprint density at radius 1 is 1.04 bits per heavy atom. The summed E-state index contributed by atoms with van der Waals surface area (Å²) in [7, 11) is -2.86. The number of hydrazone groups is 1. The van der Waals surface area contributed by atoms with Gasteiger partial charge in [0.25, 0.3) is 5.91 Å². The van der Waals surface area contributed by atoms with Crippen LogP contribution in [-0.4, -0.2) is 63.5 Å². The number of aryl methyl sites for hydroxylation is 1. The number of ether oxygens (including phenoxy) is 1. The van der Waals surface area contributed by atoms with Gasteiger partial charge in [0.2, 0.25) is 5.91 Å². The van der Waals surface area contributed by atoms with E-state index < -0.39 is 20.0 Å². The third-order valence-electron chi connectivity index (χ3n) is 10.2. The highest BCUT2D eigenvalue weighted by Gasteiger charge is 2.66. The van der Waals surface area contributed by atoms with Crippen LogP contribution in [0.15, 0.2) is 84.1 Å². The highest BCUT2D eigenvalue weighted by atomic mass is 35.5. The van der Waals surface area contributed by atoms with E-state index in [1.165, 1.54) is 5.01 Å². The number of hydrogen-bond donors (Lipinski definition) is 2. The second kappa shape index (κ2) is 13.5. The van der Waals surface area contributed by atoms with Gasteiger partial charge < -0.3 is 19.5 Å². The van der Waals surface area contributed by atoms with E-state index in [1.54, 1.807) is 21.8 Å². The average molecular weight is 713 g/mol. The summed E-state index contributed by atoms with van der Waals surface area (Å²) < 4.78 is 8.64. The number of carbonyl (C=O) groups is 2. The van der Waals surface area contributed by atoms with Gasteiger partial charge in [-0.2, -0.15) is 5.10 Å². The molecule has 3 aromatic carbocycles. The molecular weight excluding hydrogens is 672 g/mol. The highest BCUT2D eigenvalue weighted by molar-refractivity contribution is 6.71. The van der Waals surface area contributed by atoms with Crippen molar-refractivity contribution in [1.29, 1.82) is 0 Å². The quantitative estimate of drug-likeness (QED) is 0.210. The van der Waals surface area contributed by atoms with Crippen LogP contribution in [0.1, 0.15) is 48.6 Å². The number of amides is 2. The van der Waals surface area contributed by atoms with Gasteiger partial charge in [-0.25, -0.2) is 5.01 Å². The Bertz CT molecular complexity index is 1930. The number of benzene rings is 3. The lowest BCUT2D eigenvalue weighted by atomic mass is 9.82. The van der Waals surface area contributed by atoms with Crippen LogP contribution in [0.5, 0.6) is 0 Å². The minimum absolute atomic E-state index is 0.0101. The van der Waals surface area contributed by atoms with Crippen molar-refractivity contribution in [1.82, 2.24) is 15.0 Å². The molecule has 11 nitrogen and oxygen atoms in total. The van der Waals surface area contributed by atoms with Crippen molar-refractivity contribution in [2.45, 2.75) is 76.0 Å². The third-order valence-corrected chi connectivity index (χ3v) is 12.9. The molecule has 4 atom stereocenters.